The molecule has 0 spiro atoms. The zero-order chi connectivity index (χ0) is 8.27. The van der Waals surface area contributed by atoms with Crippen LogP contribution in [0.5, 0.6) is 0 Å². The highest BCUT2D eigenvalue weighted by Crippen LogP contribution is 2.29. The van der Waals surface area contributed by atoms with Crippen molar-refractivity contribution >= 4 is 30.5 Å². The molecule has 1 amide bonds. The van der Waals surface area contributed by atoms with Crippen LogP contribution in [0.15, 0.2) is 0 Å². The molecule has 64 valence electrons. The third-order valence-electron chi connectivity index (χ3n) is 1.54. The molecule has 2 unspecified atom stereocenters. The first-order chi connectivity index (χ1) is 5.18. The van der Waals surface area contributed by atoms with Gasteiger partial charge < -0.3 is 10.4 Å². The Kier molecular flexibility index (Phi) is 3.39. The molecule has 1 saturated heterocycles. The summed E-state index contributed by atoms with van der Waals surface area (Å²) in [6, 6.07) is 0. The Morgan fingerprint density at radius 3 is 3.00 bits per heavy atom. The van der Waals surface area contributed by atoms with Crippen LogP contribution in [-0.4, -0.2) is 34.0 Å². The predicted molar refractivity (Wildman–Crippen MR) is 49.7 cm³/mol. The number of hydrogen-bond acceptors (Lipinski definition) is 3. The monoisotopic (exact) mass is 193 g/mol. The average Bonchev–Trinajstić information content (AvgIpc) is 2.31. The predicted octanol–water partition coefficient (Wildman–Crippen LogP) is 1.06. The van der Waals surface area contributed by atoms with Crippen LogP contribution >= 0.6 is 24.4 Å². The number of hydrogen-bond donors (Lipinski definition) is 3. The summed E-state index contributed by atoms with van der Waals surface area (Å²) in [5.74, 6) is 1.04. The van der Waals surface area contributed by atoms with Gasteiger partial charge in [0.05, 0.1) is 0 Å². The van der Waals surface area contributed by atoms with Gasteiger partial charge in [-0.25, -0.2) is 4.79 Å². The maximum atomic E-state index is 10.1. The molecule has 2 atom stereocenters. The molecule has 0 aromatic carbocycles. The Balaban J connectivity index is 2.13. The van der Waals surface area contributed by atoms with Crippen molar-refractivity contribution in [2.45, 2.75) is 16.9 Å². The van der Waals surface area contributed by atoms with Crippen LogP contribution in [0.1, 0.15) is 6.42 Å². The van der Waals surface area contributed by atoms with E-state index in [4.69, 9.17) is 5.11 Å². The van der Waals surface area contributed by atoms with Crippen molar-refractivity contribution in [3.05, 3.63) is 0 Å². The molecule has 0 bridgehead atoms. The largest absolute Gasteiger partial charge is 0.465 e. The number of carbonyl (C=O) groups is 1. The van der Waals surface area contributed by atoms with Crippen molar-refractivity contribution < 1.29 is 9.90 Å². The third-order valence-corrected chi connectivity index (χ3v) is 3.61. The molecule has 0 aliphatic carbocycles. The normalized spacial score (nSPS) is 30.3. The van der Waals surface area contributed by atoms with E-state index < -0.39 is 6.09 Å². The van der Waals surface area contributed by atoms with E-state index in [0.29, 0.717) is 17.0 Å². The van der Waals surface area contributed by atoms with Gasteiger partial charge in [-0.2, -0.15) is 24.4 Å². The Morgan fingerprint density at radius 2 is 2.55 bits per heavy atom. The van der Waals surface area contributed by atoms with Crippen LogP contribution in [0.2, 0.25) is 0 Å². The Morgan fingerprint density at radius 1 is 1.82 bits per heavy atom. The maximum Gasteiger partial charge on any atom is 0.404 e. The second kappa shape index (κ2) is 4.11. The van der Waals surface area contributed by atoms with Crippen molar-refractivity contribution in [1.82, 2.24) is 5.32 Å². The molecule has 1 aliphatic rings. The number of rotatable bonds is 2. The molecule has 5 heteroatoms. The van der Waals surface area contributed by atoms with Gasteiger partial charge in [0.25, 0.3) is 0 Å². The summed E-state index contributed by atoms with van der Waals surface area (Å²) in [7, 11) is 0. The second-order valence-electron chi connectivity index (χ2n) is 2.53. The number of nitrogens with one attached hydrogen (secondary N) is 1. The quantitative estimate of drug-likeness (QED) is 0.575. The van der Waals surface area contributed by atoms with E-state index in [0.717, 1.165) is 12.2 Å². The molecule has 3 nitrogen and oxygen atoms in total. The highest BCUT2D eigenvalue weighted by Gasteiger charge is 2.22. The number of amides is 1. The fraction of sp³-hybridized carbons (Fsp3) is 0.833. The molecular weight excluding hydrogens is 182 g/mol. The van der Waals surface area contributed by atoms with Crippen LogP contribution in [-0.2, 0) is 0 Å². The maximum absolute atomic E-state index is 10.1. The van der Waals surface area contributed by atoms with E-state index in [2.05, 4.69) is 17.9 Å². The summed E-state index contributed by atoms with van der Waals surface area (Å²) < 4.78 is 0. The Hall–Kier alpha value is -0.0300. The zero-order valence-electron chi connectivity index (χ0n) is 5.99. The summed E-state index contributed by atoms with van der Waals surface area (Å²) in [6.07, 6.45) is 0.0712. The number of thioether (sulfide) groups is 1. The van der Waals surface area contributed by atoms with Gasteiger partial charge in [0.2, 0.25) is 0 Å². The van der Waals surface area contributed by atoms with Crippen molar-refractivity contribution in [1.29, 1.82) is 0 Å². The lowest BCUT2D eigenvalue weighted by atomic mass is 10.2. The molecular formula is C6H11NO2S2. The molecule has 11 heavy (non-hydrogen) atoms. The lowest BCUT2D eigenvalue weighted by Crippen LogP contribution is -2.28. The molecule has 1 fully saturated rings. The molecule has 0 aromatic heterocycles. The van der Waals surface area contributed by atoms with E-state index >= 15 is 0 Å². The van der Waals surface area contributed by atoms with Crippen LogP contribution in [0.3, 0.4) is 0 Å². The molecule has 0 saturated carbocycles. The van der Waals surface area contributed by atoms with Gasteiger partial charge in [0, 0.05) is 22.8 Å². The first kappa shape index (κ1) is 9.06. The van der Waals surface area contributed by atoms with Gasteiger partial charge in [0.1, 0.15) is 0 Å². The lowest BCUT2D eigenvalue weighted by molar-refractivity contribution is 0.194. The summed E-state index contributed by atoms with van der Waals surface area (Å²) >= 11 is 6.09. The molecule has 1 heterocycles. The van der Waals surface area contributed by atoms with Crippen LogP contribution in [0, 0.1) is 0 Å². The van der Waals surface area contributed by atoms with Crippen molar-refractivity contribution in [2.24, 2.45) is 0 Å². The topological polar surface area (TPSA) is 49.3 Å². The fourth-order valence-electron chi connectivity index (χ4n) is 1.03. The fourth-order valence-corrected chi connectivity index (χ4v) is 2.89. The van der Waals surface area contributed by atoms with E-state index in [1.54, 1.807) is 11.8 Å². The van der Waals surface area contributed by atoms with Crippen LogP contribution < -0.4 is 5.32 Å². The van der Waals surface area contributed by atoms with Crippen molar-refractivity contribution in [2.75, 3.05) is 12.3 Å². The van der Waals surface area contributed by atoms with E-state index in [1.165, 1.54) is 0 Å². The average molecular weight is 193 g/mol. The molecule has 0 aromatic rings. The highest BCUT2D eigenvalue weighted by atomic mass is 32.2. The molecule has 2 N–H and O–H groups in total. The number of thiol groups is 1. The van der Waals surface area contributed by atoms with E-state index in [-0.39, 0.29) is 0 Å². The standard InChI is InChI=1S/C6H11NO2S2/c8-6(9)7-2-5-1-4(10)3-11-5/h4-5,7,10H,1-3H2,(H,8,9). The lowest BCUT2D eigenvalue weighted by Gasteiger charge is -2.06. The minimum absolute atomic E-state index is 0.425. The zero-order valence-corrected chi connectivity index (χ0v) is 7.70. The van der Waals surface area contributed by atoms with Crippen LogP contribution in [0.4, 0.5) is 4.79 Å². The van der Waals surface area contributed by atoms with Gasteiger partial charge in [-0.05, 0) is 6.42 Å². The summed E-state index contributed by atoms with van der Waals surface area (Å²) in [6.45, 7) is 0.553. The van der Waals surface area contributed by atoms with Gasteiger partial charge in [0.15, 0.2) is 0 Å². The van der Waals surface area contributed by atoms with Gasteiger partial charge in [-0.3, -0.25) is 0 Å². The summed E-state index contributed by atoms with van der Waals surface area (Å²) in [5, 5.41) is 11.5. The highest BCUT2D eigenvalue weighted by molar-refractivity contribution is 8.01. The summed E-state index contributed by atoms with van der Waals surface area (Å²) in [5.41, 5.74) is 0. The summed E-state index contributed by atoms with van der Waals surface area (Å²) in [4.78, 5) is 10.1. The van der Waals surface area contributed by atoms with Gasteiger partial charge >= 0.3 is 6.09 Å². The first-order valence-electron chi connectivity index (χ1n) is 3.45. The smallest absolute Gasteiger partial charge is 0.404 e. The SMILES string of the molecule is O=C(O)NCC1CC(S)CS1. The minimum atomic E-state index is -0.937. The van der Waals surface area contributed by atoms with Gasteiger partial charge in [-0.1, -0.05) is 0 Å². The van der Waals surface area contributed by atoms with E-state index in [9.17, 15) is 4.79 Å². The Labute approximate surface area is 75.3 Å². The van der Waals surface area contributed by atoms with Crippen LogP contribution in [0.25, 0.3) is 0 Å². The van der Waals surface area contributed by atoms with E-state index in [1.807, 2.05) is 0 Å². The van der Waals surface area contributed by atoms with Crippen molar-refractivity contribution in [3.8, 4) is 0 Å². The van der Waals surface area contributed by atoms with Gasteiger partial charge in [-0.15, -0.1) is 0 Å². The molecule has 1 rings (SSSR count). The second-order valence-corrected chi connectivity index (χ2v) is 4.59. The van der Waals surface area contributed by atoms with Crippen molar-refractivity contribution in [3.63, 3.8) is 0 Å². The first-order valence-corrected chi connectivity index (χ1v) is 5.01. The minimum Gasteiger partial charge on any atom is -0.465 e. The molecule has 1 aliphatic heterocycles. The molecule has 0 radical (unpaired) electrons. The third kappa shape index (κ3) is 3.25. The Bertz CT molecular complexity index is 154. The number of carboxylic acid groups (broad SMARTS) is 1.